The third-order valence-corrected chi connectivity index (χ3v) is 7.03. The summed E-state index contributed by atoms with van der Waals surface area (Å²) in [5.41, 5.74) is 2.73. The number of aromatic amines is 1. The fourth-order valence-electron chi connectivity index (χ4n) is 5.50. The molecule has 0 aliphatic carbocycles. The normalized spacial score (nSPS) is 26.2. The molecule has 3 atom stereocenters. The van der Waals surface area contributed by atoms with Crippen molar-refractivity contribution in [1.82, 2.24) is 20.0 Å². The third kappa shape index (κ3) is 4.34. The summed E-state index contributed by atoms with van der Waals surface area (Å²) in [6.07, 6.45) is 4.33. The van der Waals surface area contributed by atoms with Crippen LogP contribution in [0.3, 0.4) is 0 Å². The molecule has 2 amide bonds. The molecule has 174 valence electrons. The lowest BCUT2D eigenvalue weighted by atomic mass is 9.74. The largest absolute Gasteiger partial charge is 0.449 e. The van der Waals surface area contributed by atoms with E-state index in [1.165, 1.54) is 0 Å². The van der Waals surface area contributed by atoms with Crippen LogP contribution in [0.15, 0.2) is 18.3 Å². The molecule has 32 heavy (non-hydrogen) atoms. The molecule has 2 aliphatic rings. The summed E-state index contributed by atoms with van der Waals surface area (Å²) < 4.78 is 5.59. The second-order valence-electron chi connectivity index (χ2n) is 11.2. The standard InChI is InChI=1S/C25H36N4O3/c1-16-9-19(10-20-13-26-27-21(16)20)22(30)28-8-7-25(11-17(28)2)12-18(3)29(14-25)23(31)32-15-24(4,5)6/h9-10,13,17-18H,7-8,11-12,14-15H2,1-6H3,(H,26,27)/t17?,18-,25?/m1/s1. The molecule has 2 aliphatic heterocycles. The predicted molar refractivity (Wildman–Crippen MR) is 125 cm³/mol. The zero-order valence-electron chi connectivity index (χ0n) is 20.2. The Bertz CT molecular complexity index is 1020. The van der Waals surface area contributed by atoms with Crippen LogP contribution in [0, 0.1) is 17.8 Å². The fourth-order valence-corrected chi connectivity index (χ4v) is 5.50. The van der Waals surface area contributed by atoms with E-state index in [-0.39, 0.29) is 34.9 Å². The molecule has 2 aromatic rings. The van der Waals surface area contributed by atoms with Crippen LogP contribution >= 0.6 is 0 Å². The summed E-state index contributed by atoms with van der Waals surface area (Å²) in [5.74, 6) is 0.0750. The first kappa shape index (κ1) is 22.6. The number of ether oxygens (including phenoxy) is 1. The Hall–Kier alpha value is -2.57. The number of nitrogens with one attached hydrogen (secondary N) is 1. The minimum atomic E-state index is -0.209. The molecule has 1 N–H and O–H groups in total. The highest BCUT2D eigenvalue weighted by atomic mass is 16.6. The first-order valence-corrected chi connectivity index (χ1v) is 11.7. The van der Waals surface area contributed by atoms with Crippen LogP contribution in [0.5, 0.6) is 0 Å². The Morgan fingerprint density at radius 2 is 1.88 bits per heavy atom. The van der Waals surface area contributed by atoms with Crippen molar-refractivity contribution in [3.8, 4) is 0 Å². The van der Waals surface area contributed by atoms with Gasteiger partial charge in [0.25, 0.3) is 5.91 Å². The lowest BCUT2D eigenvalue weighted by Crippen LogP contribution is -2.49. The molecule has 7 heteroatoms. The lowest BCUT2D eigenvalue weighted by Gasteiger charge is -2.43. The average molecular weight is 441 g/mol. The molecule has 2 saturated heterocycles. The lowest BCUT2D eigenvalue weighted by molar-refractivity contribution is 0.0381. The maximum atomic E-state index is 13.4. The monoisotopic (exact) mass is 440 g/mol. The van der Waals surface area contributed by atoms with E-state index >= 15 is 0 Å². The van der Waals surface area contributed by atoms with Crippen LogP contribution in [-0.4, -0.2) is 63.8 Å². The minimum absolute atomic E-state index is 0.0473. The Morgan fingerprint density at radius 3 is 2.53 bits per heavy atom. The van der Waals surface area contributed by atoms with Crippen molar-refractivity contribution in [1.29, 1.82) is 0 Å². The number of piperidine rings is 1. The van der Waals surface area contributed by atoms with Crippen molar-refractivity contribution in [2.75, 3.05) is 19.7 Å². The number of benzene rings is 1. The molecule has 2 fully saturated rings. The first-order valence-electron chi connectivity index (χ1n) is 11.7. The number of aromatic nitrogens is 2. The van der Waals surface area contributed by atoms with E-state index in [0.29, 0.717) is 25.3 Å². The Morgan fingerprint density at radius 1 is 1.19 bits per heavy atom. The number of fused-ring (bicyclic) bond motifs is 1. The summed E-state index contributed by atoms with van der Waals surface area (Å²) in [6, 6.07) is 4.15. The number of H-pyrrole nitrogens is 1. The summed E-state index contributed by atoms with van der Waals surface area (Å²) in [5, 5.41) is 8.05. The van der Waals surface area contributed by atoms with Crippen LogP contribution < -0.4 is 0 Å². The number of carbonyl (C=O) groups is 2. The number of rotatable bonds is 2. The number of nitrogens with zero attached hydrogens (tertiary/aromatic N) is 3. The van der Waals surface area contributed by atoms with Crippen molar-refractivity contribution in [3.05, 3.63) is 29.5 Å². The number of hydrogen-bond acceptors (Lipinski definition) is 4. The smallest absolute Gasteiger partial charge is 0.410 e. The molecular formula is C25H36N4O3. The Balaban J connectivity index is 1.43. The summed E-state index contributed by atoms with van der Waals surface area (Å²) >= 11 is 0. The van der Waals surface area contributed by atoms with Crippen molar-refractivity contribution in [2.45, 2.75) is 72.9 Å². The summed E-state index contributed by atoms with van der Waals surface area (Å²) in [7, 11) is 0. The minimum Gasteiger partial charge on any atom is -0.449 e. The molecule has 1 aromatic carbocycles. The average Bonchev–Trinajstić information content (AvgIpc) is 3.30. The number of carbonyl (C=O) groups excluding carboxylic acids is 2. The highest BCUT2D eigenvalue weighted by Crippen LogP contribution is 2.45. The molecule has 1 spiro atoms. The molecule has 7 nitrogen and oxygen atoms in total. The third-order valence-electron chi connectivity index (χ3n) is 7.03. The number of aryl methyl sites for hydroxylation is 1. The zero-order valence-corrected chi connectivity index (χ0v) is 20.2. The van der Waals surface area contributed by atoms with Gasteiger partial charge in [0.2, 0.25) is 0 Å². The van der Waals surface area contributed by atoms with Gasteiger partial charge in [-0.3, -0.25) is 9.89 Å². The second-order valence-corrected chi connectivity index (χ2v) is 11.2. The van der Waals surface area contributed by atoms with Crippen LogP contribution in [0.2, 0.25) is 0 Å². The summed E-state index contributed by atoms with van der Waals surface area (Å²) in [4.78, 5) is 30.0. The van der Waals surface area contributed by atoms with Gasteiger partial charge in [-0.2, -0.15) is 5.10 Å². The van der Waals surface area contributed by atoms with Crippen LogP contribution in [0.1, 0.15) is 69.8 Å². The summed E-state index contributed by atoms with van der Waals surface area (Å²) in [6.45, 7) is 14.3. The van der Waals surface area contributed by atoms with Gasteiger partial charge >= 0.3 is 6.09 Å². The first-order chi connectivity index (χ1) is 15.0. The molecule has 2 unspecified atom stereocenters. The maximum Gasteiger partial charge on any atom is 0.410 e. The quantitative estimate of drug-likeness (QED) is 0.730. The van der Waals surface area contributed by atoms with E-state index < -0.39 is 0 Å². The van der Waals surface area contributed by atoms with E-state index in [9.17, 15) is 9.59 Å². The van der Waals surface area contributed by atoms with Gasteiger partial charge in [0.05, 0.1) is 18.3 Å². The van der Waals surface area contributed by atoms with Gasteiger partial charge in [-0.25, -0.2) is 4.79 Å². The molecule has 1 aromatic heterocycles. The number of hydrogen-bond donors (Lipinski definition) is 1. The topological polar surface area (TPSA) is 78.5 Å². The van der Waals surface area contributed by atoms with Gasteiger partial charge in [-0.1, -0.05) is 20.8 Å². The molecule has 3 heterocycles. The molecule has 0 radical (unpaired) electrons. The SMILES string of the molecule is Cc1cc(C(=O)N2CCC3(CC2C)C[C@@H](C)N(C(=O)OCC(C)(C)C)C3)cc2cn[nH]c12. The van der Waals surface area contributed by atoms with Crippen molar-refractivity contribution in [3.63, 3.8) is 0 Å². The van der Waals surface area contributed by atoms with Crippen molar-refractivity contribution < 1.29 is 14.3 Å². The Labute approximate surface area is 190 Å². The van der Waals surface area contributed by atoms with Crippen LogP contribution in [0.25, 0.3) is 10.9 Å². The van der Waals surface area contributed by atoms with Crippen molar-refractivity contribution in [2.24, 2.45) is 10.8 Å². The second kappa shape index (κ2) is 8.09. The van der Waals surface area contributed by atoms with E-state index in [2.05, 4.69) is 44.8 Å². The van der Waals surface area contributed by atoms with E-state index in [0.717, 1.165) is 35.7 Å². The zero-order chi connectivity index (χ0) is 23.3. The number of amides is 2. The highest BCUT2D eigenvalue weighted by Gasteiger charge is 2.48. The maximum absolute atomic E-state index is 13.4. The predicted octanol–water partition coefficient (Wildman–Crippen LogP) is 4.76. The fraction of sp³-hybridized carbons (Fsp3) is 0.640. The van der Waals surface area contributed by atoms with E-state index in [1.807, 2.05) is 28.9 Å². The Kier molecular flexibility index (Phi) is 5.72. The van der Waals surface area contributed by atoms with Crippen LogP contribution in [-0.2, 0) is 4.74 Å². The van der Waals surface area contributed by atoms with Gasteiger partial charge in [0.15, 0.2) is 0 Å². The van der Waals surface area contributed by atoms with Crippen LogP contribution in [0.4, 0.5) is 4.79 Å². The van der Waals surface area contributed by atoms with Gasteiger partial charge in [0, 0.05) is 36.1 Å². The van der Waals surface area contributed by atoms with Gasteiger partial charge < -0.3 is 14.5 Å². The highest BCUT2D eigenvalue weighted by molar-refractivity contribution is 5.99. The van der Waals surface area contributed by atoms with Gasteiger partial charge in [0.1, 0.15) is 0 Å². The molecule has 0 saturated carbocycles. The number of likely N-dealkylation sites (tertiary alicyclic amines) is 2. The van der Waals surface area contributed by atoms with Gasteiger partial charge in [-0.05, 0) is 68.6 Å². The molecule has 4 rings (SSSR count). The van der Waals surface area contributed by atoms with Crippen molar-refractivity contribution >= 4 is 22.9 Å². The molecular weight excluding hydrogens is 404 g/mol. The molecule has 0 bridgehead atoms. The van der Waals surface area contributed by atoms with Gasteiger partial charge in [-0.15, -0.1) is 0 Å². The van der Waals surface area contributed by atoms with E-state index in [1.54, 1.807) is 6.20 Å². The van der Waals surface area contributed by atoms with E-state index in [4.69, 9.17) is 4.74 Å².